The second kappa shape index (κ2) is 6.96. The molecule has 0 amide bonds. The standard InChI is InChI=1S/C13H18N4S/c1-2-7-14-12-4-3-5-13(17-12)15-8-6-11-9-18-10-16-11/h3-5,9-10H,2,6-8H2,1H3,(H2,14,15,17). The molecule has 0 aliphatic heterocycles. The third-order valence-corrected chi connectivity index (χ3v) is 3.11. The molecular weight excluding hydrogens is 244 g/mol. The van der Waals surface area contributed by atoms with E-state index in [-0.39, 0.29) is 0 Å². The lowest BCUT2D eigenvalue weighted by atomic mass is 10.3. The van der Waals surface area contributed by atoms with E-state index in [4.69, 9.17) is 0 Å². The third kappa shape index (κ3) is 4.00. The average Bonchev–Trinajstić information content (AvgIpc) is 2.90. The molecule has 96 valence electrons. The highest BCUT2D eigenvalue weighted by Gasteiger charge is 1.98. The Labute approximate surface area is 111 Å². The summed E-state index contributed by atoms with van der Waals surface area (Å²) in [6.45, 7) is 3.95. The van der Waals surface area contributed by atoms with Gasteiger partial charge in [0.15, 0.2) is 0 Å². The smallest absolute Gasteiger partial charge is 0.128 e. The number of nitrogens with one attached hydrogen (secondary N) is 2. The number of rotatable bonds is 7. The van der Waals surface area contributed by atoms with Crippen LogP contribution in [-0.4, -0.2) is 23.1 Å². The molecule has 2 rings (SSSR count). The zero-order valence-corrected chi connectivity index (χ0v) is 11.3. The van der Waals surface area contributed by atoms with Crippen molar-refractivity contribution in [3.8, 4) is 0 Å². The minimum atomic E-state index is 0.855. The first-order chi connectivity index (χ1) is 8.88. The van der Waals surface area contributed by atoms with E-state index in [1.165, 1.54) is 0 Å². The quantitative estimate of drug-likeness (QED) is 0.805. The van der Waals surface area contributed by atoms with Crippen LogP contribution in [0.15, 0.2) is 29.1 Å². The lowest BCUT2D eigenvalue weighted by Crippen LogP contribution is -2.08. The third-order valence-electron chi connectivity index (χ3n) is 2.48. The molecule has 2 aromatic rings. The highest BCUT2D eigenvalue weighted by atomic mass is 32.1. The number of thiazole rings is 1. The fraction of sp³-hybridized carbons (Fsp3) is 0.385. The Bertz CT molecular complexity index is 456. The Balaban J connectivity index is 1.81. The number of pyridine rings is 1. The van der Waals surface area contributed by atoms with E-state index in [0.29, 0.717) is 0 Å². The topological polar surface area (TPSA) is 49.8 Å². The molecule has 5 heteroatoms. The van der Waals surface area contributed by atoms with Crippen LogP contribution in [0, 0.1) is 0 Å². The highest BCUT2D eigenvalue weighted by Crippen LogP contribution is 2.09. The van der Waals surface area contributed by atoms with E-state index in [9.17, 15) is 0 Å². The molecule has 4 nitrogen and oxygen atoms in total. The van der Waals surface area contributed by atoms with Crippen LogP contribution in [0.25, 0.3) is 0 Å². The van der Waals surface area contributed by atoms with Crippen molar-refractivity contribution in [2.24, 2.45) is 0 Å². The van der Waals surface area contributed by atoms with Gasteiger partial charge in [-0.2, -0.15) is 0 Å². The van der Waals surface area contributed by atoms with E-state index < -0.39 is 0 Å². The molecule has 0 spiro atoms. The van der Waals surface area contributed by atoms with Crippen molar-refractivity contribution in [2.75, 3.05) is 23.7 Å². The summed E-state index contributed by atoms with van der Waals surface area (Å²) in [6.07, 6.45) is 2.03. The highest BCUT2D eigenvalue weighted by molar-refractivity contribution is 7.07. The van der Waals surface area contributed by atoms with Gasteiger partial charge in [0.25, 0.3) is 0 Å². The maximum atomic E-state index is 4.49. The van der Waals surface area contributed by atoms with Gasteiger partial charge >= 0.3 is 0 Å². The first-order valence-electron chi connectivity index (χ1n) is 6.20. The van der Waals surface area contributed by atoms with E-state index in [1.807, 2.05) is 23.7 Å². The monoisotopic (exact) mass is 262 g/mol. The Morgan fingerprint density at radius 3 is 2.61 bits per heavy atom. The molecule has 0 unspecified atom stereocenters. The van der Waals surface area contributed by atoms with Crippen LogP contribution in [0.2, 0.25) is 0 Å². The summed E-state index contributed by atoms with van der Waals surface area (Å²) in [5.74, 6) is 1.84. The van der Waals surface area contributed by atoms with Crippen molar-refractivity contribution < 1.29 is 0 Å². The Morgan fingerprint density at radius 2 is 1.94 bits per heavy atom. The summed E-state index contributed by atoms with van der Waals surface area (Å²) in [6, 6.07) is 5.98. The van der Waals surface area contributed by atoms with E-state index in [2.05, 4.69) is 32.9 Å². The second-order valence-corrected chi connectivity index (χ2v) is 4.71. The van der Waals surface area contributed by atoms with Crippen LogP contribution in [0.4, 0.5) is 11.6 Å². The summed E-state index contributed by atoms with van der Waals surface area (Å²) in [7, 11) is 0. The Kier molecular flexibility index (Phi) is 4.96. The largest absolute Gasteiger partial charge is 0.370 e. The average molecular weight is 262 g/mol. The normalized spacial score (nSPS) is 10.3. The van der Waals surface area contributed by atoms with Crippen LogP contribution >= 0.6 is 11.3 Å². The van der Waals surface area contributed by atoms with Gasteiger partial charge in [0.1, 0.15) is 11.6 Å². The van der Waals surface area contributed by atoms with Crippen molar-refractivity contribution in [3.63, 3.8) is 0 Å². The number of nitrogens with zero attached hydrogens (tertiary/aromatic N) is 2. The van der Waals surface area contributed by atoms with Gasteiger partial charge in [0.2, 0.25) is 0 Å². The molecule has 0 saturated carbocycles. The molecule has 2 aromatic heterocycles. The van der Waals surface area contributed by atoms with Crippen molar-refractivity contribution >= 4 is 23.0 Å². The van der Waals surface area contributed by atoms with Gasteiger partial charge in [-0.15, -0.1) is 11.3 Å². The molecule has 2 heterocycles. The van der Waals surface area contributed by atoms with Crippen LogP contribution < -0.4 is 10.6 Å². The Morgan fingerprint density at radius 1 is 1.17 bits per heavy atom. The first kappa shape index (κ1) is 12.8. The Hall–Kier alpha value is -1.62. The molecule has 0 radical (unpaired) electrons. The molecule has 0 saturated heterocycles. The minimum absolute atomic E-state index is 0.855. The van der Waals surface area contributed by atoms with E-state index in [1.54, 1.807) is 11.3 Å². The maximum absolute atomic E-state index is 4.49. The number of hydrogen-bond donors (Lipinski definition) is 2. The van der Waals surface area contributed by atoms with Crippen LogP contribution in [0.5, 0.6) is 0 Å². The van der Waals surface area contributed by atoms with Gasteiger partial charge in [-0.3, -0.25) is 0 Å². The fourth-order valence-electron chi connectivity index (χ4n) is 1.56. The minimum Gasteiger partial charge on any atom is -0.370 e. The molecule has 0 bridgehead atoms. The fourth-order valence-corrected chi connectivity index (χ4v) is 2.16. The van der Waals surface area contributed by atoms with Gasteiger partial charge in [-0.25, -0.2) is 9.97 Å². The summed E-state index contributed by atoms with van der Waals surface area (Å²) >= 11 is 1.63. The van der Waals surface area contributed by atoms with Crippen molar-refractivity contribution in [1.29, 1.82) is 0 Å². The van der Waals surface area contributed by atoms with Crippen molar-refractivity contribution in [3.05, 3.63) is 34.8 Å². The SMILES string of the molecule is CCCNc1cccc(NCCc2cscn2)n1. The molecule has 0 aromatic carbocycles. The lowest BCUT2D eigenvalue weighted by Gasteiger charge is -2.07. The van der Waals surface area contributed by atoms with Gasteiger partial charge < -0.3 is 10.6 Å². The lowest BCUT2D eigenvalue weighted by molar-refractivity contribution is 0.956. The van der Waals surface area contributed by atoms with E-state index in [0.717, 1.165) is 43.3 Å². The molecule has 0 fully saturated rings. The predicted octanol–water partition coefficient (Wildman–Crippen LogP) is 3.01. The first-order valence-corrected chi connectivity index (χ1v) is 7.14. The number of aromatic nitrogens is 2. The van der Waals surface area contributed by atoms with Gasteiger partial charge in [-0.05, 0) is 18.6 Å². The number of hydrogen-bond acceptors (Lipinski definition) is 5. The zero-order valence-electron chi connectivity index (χ0n) is 10.5. The maximum Gasteiger partial charge on any atom is 0.128 e. The summed E-state index contributed by atoms with van der Waals surface area (Å²) in [5, 5.41) is 8.67. The molecule has 0 aliphatic carbocycles. The molecule has 18 heavy (non-hydrogen) atoms. The molecular formula is C13H18N4S. The van der Waals surface area contributed by atoms with Gasteiger partial charge in [0, 0.05) is 24.9 Å². The molecule has 0 atom stereocenters. The summed E-state index contributed by atoms with van der Waals surface area (Å²) < 4.78 is 0. The molecule has 0 aliphatic rings. The van der Waals surface area contributed by atoms with Crippen LogP contribution in [0.3, 0.4) is 0 Å². The zero-order chi connectivity index (χ0) is 12.6. The van der Waals surface area contributed by atoms with Crippen LogP contribution in [0.1, 0.15) is 19.0 Å². The van der Waals surface area contributed by atoms with Crippen molar-refractivity contribution in [2.45, 2.75) is 19.8 Å². The summed E-state index contributed by atoms with van der Waals surface area (Å²) in [5.41, 5.74) is 3.00. The summed E-state index contributed by atoms with van der Waals surface area (Å²) in [4.78, 5) is 8.74. The van der Waals surface area contributed by atoms with Gasteiger partial charge in [-0.1, -0.05) is 13.0 Å². The second-order valence-electron chi connectivity index (χ2n) is 3.99. The predicted molar refractivity (Wildman–Crippen MR) is 77.3 cm³/mol. The van der Waals surface area contributed by atoms with Crippen molar-refractivity contribution in [1.82, 2.24) is 9.97 Å². The molecule has 2 N–H and O–H groups in total. The van der Waals surface area contributed by atoms with E-state index >= 15 is 0 Å². The van der Waals surface area contributed by atoms with Crippen LogP contribution in [-0.2, 0) is 6.42 Å². The van der Waals surface area contributed by atoms with Gasteiger partial charge in [0.05, 0.1) is 11.2 Å². The number of anilines is 2.